The molecule has 0 saturated carbocycles. The predicted octanol–water partition coefficient (Wildman–Crippen LogP) is 0.888. The summed E-state index contributed by atoms with van der Waals surface area (Å²) in [7, 11) is 0. The van der Waals surface area contributed by atoms with Crippen LogP contribution in [0.2, 0.25) is 0 Å². The van der Waals surface area contributed by atoms with Crippen molar-refractivity contribution in [1.29, 1.82) is 5.26 Å². The Balaban J connectivity index is 2.59. The molecular weight excluding hydrogens is 300 g/mol. The maximum absolute atomic E-state index is 12.6. The van der Waals surface area contributed by atoms with Crippen molar-refractivity contribution < 1.29 is 24.6 Å². The van der Waals surface area contributed by atoms with Crippen molar-refractivity contribution in [2.24, 2.45) is 0 Å². The molecule has 7 nitrogen and oxygen atoms in total. The predicted molar refractivity (Wildman–Crippen MR) is 79.4 cm³/mol. The number of aliphatic carboxylic acids is 1. The molecule has 1 amide bonds. The molecule has 2 rings (SSSR count). The highest BCUT2D eigenvalue weighted by atomic mass is 16.4. The molecule has 118 valence electrons. The number of aliphatic hydroxyl groups is 1. The third-order valence-corrected chi connectivity index (χ3v) is 3.74. The molecule has 0 atom stereocenters. The fourth-order valence-electron chi connectivity index (χ4n) is 2.47. The Morgan fingerprint density at radius 3 is 2.57 bits per heavy atom. The minimum Gasteiger partial charge on any atom is -0.506 e. The first-order chi connectivity index (χ1) is 10.7. The molecule has 3 N–H and O–H groups in total. The molecule has 0 unspecified atom stereocenters. The van der Waals surface area contributed by atoms with Crippen LogP contribution in [-0.2, 0) is 19.8 Å². The van der Waals surface area contributed by atoms with E-state index in [2.05, 4.69) is 5.32 Å². The summed E-state index contributed by atoms with van der Waals surface area (Å²) in [6.07, 6.45) is 0. The van der Waals surface area contributed by atoms with Crippen molar-refractivity contribution in [1.82, 2.24) is 5.32 Å². The highest BCUT2D eigenvalue weighted by Gasteiger charge is 2.43. The number of ketones is 1. The van der Waals surface area contributed by atoms with Crippen molar-refractivity contribution in [3.05, 3.63) is 40.5 Å². The summed E-state index contributed by atoms with van der Waals surface area (Å²) in [6.45, 7) is 2.49. The zero-order chi connectivity index (χ0) is 17.4. The van der Waals surface area contributed by atoms with Gasteiger partial charge in [-0.2, -0.15) is 5.26 Å². The van der Waals surface area contributed by atoms with E-state index in [4.69, 9.17) is 10.4 Å². The molecule has 7 heteroatoms. The van der Waals surface area contributed by atoms with Gasteiger partial charge in [-0.1, -0.05) is 0 Å². The maximum atomic E-state index is 12.6. The van der Waals surface area contributed by atoms with E-state index in [0.29, 0.717) is 11.1 Å². The van der Waals surface area contributed by atoms with Gasteiger partial charge >= 0.3 is 5.97 Å². The van der Waals surface area contributed by atoms with Gasteiger partial charge in [-0.05, 0) is 37.6 Å². The van der Waals surface area contributed by atoms with Crippen LogP contribution in [0.5, 0.6) is 0 Å². The van der Waals surface area contributed by atoms with Gasteiger partial charge in [0.05, 0.1) is 17.0 Å². The number of hydrogen-bond donors (Lipinski definition) is 3. The van der Waals surface area contributed by atoms with E-state index in [1.807, 2.05) is 6.07 Å². The Morgan fingerprint density at radius 2 is 2.00 bits per heavy atom. The summed E-state index contributed by atoms with van der Waals surface area (Å²) in [6, 6.07) is 6.38. The van der Waals surface area contributed by atoms with Crippen LogP contribution in [0.25, 0.3) is 5.76 Å². The fraction of sp³-hybridized carbons (Fsp3) is 0.250. The minimum absolute atomic E-state index is 0.272. The maximum Gasteiger partial charge on any atom is 0.322 e. The first-order valence-electron chi connectivity index (χ1n) is 6.73. The molecular formula is C16H14N2O5. The van der Waals surface area contributed by atoms with Crippen LogP contribution in [0, 0.1) is 11.3 Å². The number of nitriles is 1. The van der Waals surface area contributed by atoms with Gasteiger partial charge in [0.1, 0.15) is 17.9 Å². The monoisotopic (exact) mass is 314 g/mol. The first-order valence-corrected chi connectivity index (χ1v) is 6.73. The first kappa shape index (κ1) is 16.2. The lowest BCUT2D eigenvalue weighted by atomic mass is 9.70. The third kappa shape index (κ3) is 2.66. The number of Topliss-reactive ketones (excluding diaryl/α,β-unsaturated/α-hetero) is 1. The minimum atomic E-state index is -1.26. The van der Waals surface area contributed by atoms with E-state index in [-0.39, 0.29) is 5.56 Å². The van der Waals surface area contributed by atoms with Crippen molar-refractivity contribution in [3.8, 4) is 6.07 Å². The standard InChI is InChI=1S/C16H14N2O5/c1-16(2)10-5-8(6-17)3-4-9(10)13(21)12(14(16)22)15(23)18-7-11(19)20/h3-5,21H,7H2,1-2H3,(H,18,23)(H,19,20). The zero-order valence-electron chi connectivity index (χ0n) is 12.5. The van der Waals surface area contributed by atoms with Gasteiger partial charge in [-0.3, -0.25) is 14.4 Å². The second kappa shape index (κ2) is 5.57. The fourth-order valence-corrected chi connectivity index (χ4v) is 2.47. The lowest BCUT2D eigenvalue weighted by Crippen LogP contribution is -2.42. The Kier molecular flexibility index (Phi) is 3.93. The number of hydrogen-bond acceptors (Lipinski definition) is 5. The van der Waals surface area contributed by atoms with Gasteiger partial charge in [0.15, 0.2) is 5.78 Å². The average Bonchev–Trinajstić information content (AvgIpc) is 2.51. The summed E-state index contributed by atoms with van der Waals surface area (Å²) in [5, 5.41) is 29.9. The quantitative estimate of drug-likeness (QED) is 0.711. The van der Waals surface area contributed by atoms with Crippen LogP contribution < -0.4 is 5.32 Å². The molecule has 0 fully saturated rings. The van der Waals surface area contributed by atoms with Gasteiger partial charge in [-0.25, -0.2) is 0 Å². The molecule has 0 bridgehead atoms. The molecule has 0 aromatic heterocycles. The molecule has 0 radical (unpaired) electrons. The summed E-state index contributed by atoms with van der Waals surface area (Å²) >= 11 is 0. The van der Waals surface area contributed by atoms with E-state index in [9.17, 15) is 19.5 Å². The molecule has 23 heavy (non-hydrogen) atoms. The molecule has 0 aliphatic heterocycles. The second-order valence-corrected chi connectivity index (χ2v) is 5.63. The second-order valence-electron chi connectivity index (χ2n) is 5.63. The number of nitrogens with one attached hydrogen (secondary N) is 1. The lowest BCUT2D eigenvalue weighted by molar-refractivity contribution is -0.138. The highest BCUT2D eigenvalue weighted by molar-refractivity contribution is 6.28. The van der Waals surface area contributed by atoms with Crippen LogP contribution in [0.3, 0.4) is 0 Å². The molecule has 0 heterocycles. The number of carbonyl (C=O) groups excluding carboxylic acids is 2. The average molecular weight is 314 g/mol. The summed E-state index contributed by atoms with van der Waals surface area (Å²) in [4.78, 5) is 35.2. The van der Waals surface area contributed by atoms with Crippen molar-refractivity contribution in [2.75, 3.05) is 6.54 Å². The number of carboxylic acids is 1. The smallest absolute Gasteiger partial charge is 0.322 e. The normalized spacial score (nSPS) is 15.6. The molecule has 1 aliphatic carbocycles. The van der Waals surface area contributed by atoms with Crippen molar-refractivity contribution in [3.63, 3.8) is 0 Å². The summed E-state index contributed by atoms with van der Waals surface area (Å²) in [5.74, 6) is -3.37. The van der Waals surface area contributed by atoms with Gasteiger partial charge in [0.2, 0.25) is 0 Å². The molecule has 0 spiro atoms. The van der Waals surface area contributed by atoms with Crippen LogP contribution in [0.4, 0.5) is 0 Å². The Morgan fingerprint density at radius 1 is 1.35 bits per heavy atom. The third-order valence-electron chi connectivity index (χ3n) is 3.74. The Bertz CT molecular complexity index is 799. The number of fused-ring (bicyclic) bond motifs is 1. The van der Waals surface area contributed by atoms with Gasteiger partial charge < -0.3 is 15.5 Å². The van der Waals surface area contributed by atoms with Crippen molar-refractivity contribution in [2.45, 2.75) is 19.3 Å². The number of amides is 1. The van der Waals surface area contributed by atoms with Gasteiger partial charge in [0.25, 0.3) is 5.91 Å². The van der Waals surface area contributed by atoms with Gasteiger partial charge in [-0.15, -0.1) is 0 Å². The SMILES string of the molecule is CC1(C)C(=O)C(C(=O)NCC(=O)O)=C(O)c2ccc(C#N)cc21. The number of nitrogens with zero attached hydrogens (tertiary/aromatic N) is 1. The molecule has 1 aromatic carbocycles. The Hall–Kier alpha value is -3.14. The summed E-state index contributed by atoms with van der Waals surface area (Å²) in [5.41, 5.74) is -0.572. The zero-order valence-corrected chi connectivity index (χ0v) is 12.5. The lowest BCUT2D eigenvalue weighted by Gasteiger charge is -2.31. The highest BCUT2D eigenvalue weighted by Crippen LogP contribution is 2.39. The largest absolute Gasteiger partial charge is 0.506 e. The molecule has 1 aromatic rings. The molecule has 0 saturated heterocycles. The number of carbonyl (C=O) groups is 3. The van der Waals surface area contributed by atoms with E-state index in [1.54, 1.807) is 13.8 Å². The van der Waals surface area contributed by atoms with Crippen LogP contribution >= 0.6 is 0 Å². The van der Waals surface area contributed by atoms with E-state index in [0.717, 1.165) is 0 Å². The number of aliphatic hydroxyl groups excluding tert-OH is 1. The van der Waals surface area contributed by atoms with Crippen LogP contribution in [0.1, 0.15) is 30.5 Å². The van der Waals surface area contributed by atoms with Crippen LogP contribution in [0.15, 0.2) is 23.8 Å². The van der Waals surface area contributed by atoms with Crippen molar-refractivity contribution >= 4 is 23.4 Å². The number of rotatable bonds is 3. The number of benzene rings is 1. The van der Waals surface area contributed by atoms with Crippen LogP contribution in [-0.4, -0.2) is 34.4 Å². The Labute approximate surface area is 131 Å². The molecule has 1 aliphatic rings. The van der Waals surface area contributed by atoms with E-state index < -0.39 is 41.0 Å². The van der Waals surface area contributed by atoms with Gasteiger partial charge in [0, 0.05) is 5.56 Å². The topological polar surface area (TPSA) is 127 Å². The summed E-state index contributed by atoms with van der Waals surface area (Å²) < 4.78 is 0. The number of carboxylic acid groups (broad SMARTS) is 1. The van der Waals surface area contributed by atoms with E-state index >= 15 is 0 Å². The van der Waals surface area contributed by atoms with E-state index in [1.165, 1.54) is 18.2 Å².